The second-order valence-corrected chi connectivity index (χ2v) is 6.57. The van der Waals surface area contributed by atoms with Crippen molar-refractivity contribution in [3.63, 3.8) is 0 Å². The molecular formula is C18H16Cl2F3N3O. The maximum atomic E-state index is 14.1. The first-order chi connectivity index (χ1) is 12.4. The second kappa shape index (κ2) is 7.22. The Morgan fingerprint density at radius 2 is 2.00 bits per heavy atom. The summed E-state index contributed by atoms with van der Waals surface area (Å²) in [4.78, 5) is 3.86. The summed E-state index contributed by atoms with van der Waals surface area (Å²) >= 11 is 5.78. The van der Waals surface area contributed by atoms with Gasteiger partial charge in [0.15, 0.2) is 0 Å². The first kappa shape index (κ1) is 19.8. The number of fused-ring (bicyclic) bond motifs is 1. The van der Waals surface area contributed by atoms with Crippen LogP contribution < -0.4 is 15.4 Å². The summed E-state index contributed by atoms with van der Waals surface area (Å²) in [5.74, 6) is 0.149. The van der Waals surface area contributed by atoms with E-state index in [1.807, 2.05) is 6.08 Å². The summed E-state index contributed by atoms with van der Waals surface area (Å²) < 4.78 is 47.6. The molecule has 0 amide bonds. The van der Waals surface area contributed by atoms with E-state index >= 15 is 0 Å². The van der Waals surface area contributed by atoms with E-state index in [0.29, 0.717) is 17.8 Å². The molecule has 4 rings (SSSR count). The molecule has 0 saturated carbocycles. The highest BCUT2D eigenvalue weighted by molar-refractivity contribution is 6.30. The van der Waals surface area contributed by atoms with Crippen molar-refractivity contribution in [3.8, 4) is 5.75 Å². The molecule has 27 heavy (non-hydrogen) atoms. The molecule has 1 aromatic heterocycles. The van der Waals surface area contributed by atoms with Gasteiger partial charge in [0.1, 0.15) is 11.4 Å². The molecule has 2 aliphatic rings. The Kier molecular flexibility index (Phi) is 5.29. The van der Waals surface area contributed by atoms with E-state index in [4.69, 9.17) is 16.3 Å². The molecule has 0 aliphatic carbocycles. The molecule has 0 spiro atoms. The normalized spacial score (nSPS) is 21.4. The van der Waals surface area contributed by atoms with Crippen molar-refractivity contribution in [1.29, 1.82) is 0 Å². The number of ether oxygens (including phenoxy) is 1. The number of anilines is 1. The fraction of sp³-hybridized carbons (Fsp3) is 0.278. The third-order valence-electron chi connectivity index (χ3n) is 4.49. The van der Waals surface area contributed by atoms with E-state index in [2.05, 4.69) is 15.6 Å². The second-order valence-electron chi connectivity index (χ2n) is 6.13. The maximum Gasteiger partial charge on any atom is 0.455 e. The lowest BCUT2D eigenvalue weighted by Crippen LogP contribution is -2.51. The van der Waals surface area contributed by atoms with Crippen molar-refractivity contribution in [2.24, 2.45) is 0 Å². The largest absolute Gasteiger partial charge is 0.455 e. The topological polar surface area (TPSA) is 46.2 Å². The Hall–Kier alpha value is -1.96. The Bertz CT molecular complexity index is 871. The number of nitrogens with zero attached hydrogens (tertiary/aromatic N) is 1. The van der Waals surface area contributed by atoms with Gasteiger partial charge in [0.2, 0.25) is 0 Å². The highest BCUT2D eigenvalue weighted by Gasteiger charge is 2.63. The Labute approximate surface area is 165 Å². The fourth-order valence-corrected chi connectivity index (χ4v) is 3.33. The predicted octanol–water partition coefficient (Wildman–Crippen LogP) is 4.75. The number of rotatable bonds is 2. The van der Waals surface area contributed by atoms with Crippen LogP contribution in [0.25, 0.3) is 5.57 Å². The lowest BCUT2D eigenvalue weighted by atomic mass is 9.98. The number of halogens is 5. The fourth-order valence-electron chi connectivity index (χ4n) is 3.22. The van der Waals surface area contributed by atoms with Gasteiger partial charge in [0, 0.05) is 18.3 Å². The van der Waals surface area contributed by atoms with E-state index in [0.717, 1.165) is 18.5 Å². The third-order valence-corrected chi connectivity index (χ3v) is 4.71. The monoisotopic (exact) mass is 417 g/mol. The van der Waals surface area contributed by atoms with Crippen LogP contribution in [0.2, 0.25) is 5.02 Å². The van der Waals surface area contributed by atoms with Crippen LogP contribution in [0.15, 0.2) is 42.6 Å². The predicted molar refractivity (Wildman–Crippen MR) is 100 cm³/mol. The van der Waals surface area contributed by atoms with E-state index in [9.17, 15) is 13.2 Å². The number of hydrogen-bond acceptors (Lipinski definition) is 4. The smallest absolute Gasteiger partial charge is 0.451 e. The molecule has 1 unspecified atom stereocenters. The first-order valence-electron chi connectivity index (χ1n) is 8.10. The zero-order valence-corrected chi connectivity index (χ0v) is 15.5. The van der Waals surface area contributed by atoms with Crippen LogP contribution in [0, 0.1) is 0 Å². The van der Waals surface area contributed by atoms with Gasteiger partial charge in [-0.2, -0.15) is 13.2 Å². The standard InChI is InChI=1S/C18H15ClF3N3O.ClH/c19-12-4-5-15(24-10-12)17(18(20,21)22)25-16-13(2-1-3-14(16)26-17)11-6-8-23-9-7-11;/h1-6,10,23,25H,7-9H2;1H. The average Bonchev–Trinajstić information content (AvgIpc) is 3.04. The molecule has 1 atom stereocenters. The molecular weight excluding hydrogens is 402 g/mol. The molecule has 2 aromatic rings. The summed E-state index contributed by atoms with van der Waals surface area (Å²) in [6.07, 6.45) is -0.841. The van der Waals surface area contributed by atoms with Gasteiger partial charge in [0.05, 0.1) is 10.7 Å². The minimum Gasteiger partial charge on any atom is -0.451 e. The third kappa shape index (κ3) is 3.35. The van der Waals surface area contributed by atoms with E-state index in [1.54, 1.807) is 12.1 Å². The summed E-state index contributed by atoms with van der Waals surface area (Å²) in [5.41, 5.74) is -1.02. The lowest BCUT2D eigenvalue weighted by Gasteiger charge is -2.30. The maximum absolute atomic E-state index is 14.1. The first-order valence-corrected chi connectivity index (χ1v) is 8.47. The quantitative estimate of drug-likeness (QED) is 0.739. The minimum absolute atomic E-state index is 0. The van der Waals surface area contributed by atoms with Crippen LogP contribution in [0.4, 0.5) is 18.9 Å². The van der Waals surface area contributed by atoms with Crippen LogP contribution in [-0.4, -0.2) is 24.2 Å². The van der Waals surface area contributed by atoms with Gasteiger partial charge in [-0.05, 0) is 36.7 Å². The average molecular weight is 418 g/mol. The van der Waals surface area contributed by atoms with Crippen LogP contribution in [0.1, 0.15) is 17.7 Å². The number of alkyl halides is 3. The molecule has 9 heteroatoms. The molecule has 3 heterocycles. The van der Waals surface area contributed by atoms with Crippen molar-refractivity contribution in [3.05, 3.63) is 58.9 Å². The van der Waals surface area contributed by atoms with Gasteiger partial charge in [-0.15, -0.1) is 12.4 Å². The Morgan fingerprint density at radius 1 is 1.19 bits per heavy atom. The highest BCUT2D eigenvalue weighted by atomic mass is 35.5. The molecule has 0 radical (unpaired) electrons. The minimum atomic E-state index is -4.73. The molecule has 2 N–H and O–H groups in total. The molecule has 2 aliphatic heterocycles. The van der Waals surface area contributed by atoms with Crippen LogP contribution in [0.5, 0.6) is 5.75 Å². The number of para-hydroxylation sites is 1. The zero-order chi connectivity index (χ0) is 18.4. The summed E-state index contributed by atoms with van der Waals surface area (Å²) in [6, 6.07) is 7.60. The number of nitrogens with one attached hydrogen (secondary N) is 2. The van der Waals surface area contributed by atoms with Gasteiger partial charge in [-0.1, -0.05) is 29.8 Å². The van der Waals surface area contributed by atoms with Crippen molar-refractivity contribution in [1.82, 2.24) is 10.3 Å². The van der Waals surface area contributed by atoms with Gasteiger partial charge >= 0.3 is 11.9 Å². The number of aromatic nitrogens is 1. The number of pyridine rings is 1. The Balaban J connectivity index is 0.00000210. The lowest BCUT2D eigenvalue weighted by molar-refractivity contribution is -0.239. The van der Waals surface area contributed by atoms with Gasteiger partial charge in [0.25, 0.3) is 0 Å². The number of benzene rings is 1. The molecule has 1 aromatic carbocycles. The summed E-state index contributed by atoms with van der Waals surface area (Å²) in [6.45, 7) is 1.46. The Morgan fingerprint density at radius 3 is 2.63 bits per heavy atom. The van der Waals surface area contributed by atoms with E-state index in [-0.39, 0.29) is 28.9 Å². The van der Waals surface area contributed by atoms with Crippen LogP contribution >= 0.6 is 24.0 Å². The van der Waals surface area contributed by atoms with Crippen LogP contribution in [0.3, 0.4) is 0 Å². The molecule has 0 saturated heterocycles. The van der Waals surface area contributed by atoms with Gasteiger partial charge in [-0.25, -0.2) is 0 Å². The SMILES string of the molecule is Cl.FC(F)(F)C1(c2ccc(Cl)cn2)Nc2c(cccc2C2=CCNCC2)O1. The van der Waals surface area contributed by atoms with Crippen molar-refractivity contribution in [2.75, 3.05) is 18.4 Å². The molecule has 144 valence electrons. The van der Waals surface area contributed by atoms with Gasteiger partial charge in [-0.3, -0.25) is 4.98 Å². The molecule has 0 bridgehead atoms. The van der Waals surface area contributed by atoms with Gasteiger partial charge < -0.3 is 15.4 Å². The highest BCUT2D eigenvalue weighted by Crippen LogP contribution is 2.52. The van der Waals surface area contributed by atoms with Crippen molar-refractivity contribution in [2.45, 2.75) is 18.3 Å². The number of hydrogen-bond donors (Lipinski definition) is 2. The van der Waals surface area contributed by atoms with E-state index in [1.165, 1.54) is 24.4 Å². The molecule has 4 nitrogen and oxygen atoms in total. The zero-order valence-electron chi connectivity index (χ0n) is 13.9. The van der Waals surface area contributed by atoms with E-state index < -0.39 is 11.9 Å². The summed E-state index contributed by atoms with van der Waals surface area (Å²) in [5, 5.41) is 6.02. The summed E-state index contributed by atoms with van der Waals surface area (Å²) in [7, 11) is 0. The van der Waals surface area contributed by atoms with Crippen LogP contribution in [-0.2, 0) is 5.72 Å². The molecule has 0 fully saturated rings. The van der Waals surface area contributed by atoms with Crippen molar-refractivity contribution >= 4 is 35.3 Å². The van der Waals surface area contributed by atoms with Crippen molar-refractivity contribution < 1.29 is 17.9 Å².